The minimum absolute atomic E-state index is 0.0891. The molecule has 5 heteroatoms. The lowest BCUT2D eigenvalue weighted by molar-refractivity contribution is -0.117. The molecule has 2 aromatic carbocycles. The molecule has 0 bridgehead atoms. The smallest absolute Gasteiger partial charge is 0.253 e. The standard InChI is InChI=1S/C21H27N3O2/c1-5-16-9-11-17(12-10-16)14-24(4)15-20(25)22-19-8-6-7-18(13-19)21(26)23(2)3/h6-13H,5,14-15H2,1-4H3,(H,22,25). The van der Waals surface area contributed by atoms with Crippen molar-refractivity contribution in [2.45, 2.75) is 19.9 Å². The number of carbonyl (C=O) groups excluding carboxylic acids is 2. The molecular weight excluding hydrogens is 326 g/mol. The Morgan fingerprint density at radius 1 is 0.962 bits per heavy atom. The van der Waals surface area contributed by atoms with E-state index in [2.05, 4.69) is 36.5 Å². The third-order valence-corrected chi connectivity index (χ3v) is 4.10. The van der Waals surface area contributed by atoms with E-state index in [1.165, 1.54) is 16.0 Å². The molecule has 0 spiro atoms. The van der Waals surface area contributed by atoms with E-state index in [1.54, 1.807) is 38.4 Å². The second-order valence-corrected chi connectivity index (χ2v) is 6.67. The first-order valence-corrected chi connectivity index (χ1v) is 8.77. The first-order valence-electron chi connectivity index (χ1n) is 8.77. The number of nitrogens with zero attached hydrogens (tertiary/aromatic N) is 2. The van der Waals surface area contributed by atoms with Gasteiger partial charge in [0.05, 0.1) is 6.54 Å². The number of benzene rings is 2. The Morgan fingerprint density at radius 3 is 2.23 bits per heavy atom. The highest BCUT2D eigenvalue weighted by atomic mass is 16.2. The molecule has 26 heavy (non-hydrogen) atoms. The number of likely N-dealkylation sites (N-methyl/N-ethyl adjacent to an activating group) is 1. The molecule has 0 heterocycles. The van der Waals surface area contributed by atoms with Crippen molar-refractivity contribution >= 4 is 17.5 Å². The van der Waals surface area contributed by atoms with Crippen LogP contribution in [-0.2, 0) is 17.8 Å². The highest BCUT2D eigenvalue weighted by molar-refractivity contribution is 5.97. The third kappa shape index (κ3) is 5.70. The zero-order valence-electron chi connectivity index (χ0n) is 16.0. The van der Waals surface area contributed by atoms with Gasteiger partial charge >= 0.3 is 0 Å². The van der Waals surface area contributed by atoms with E-state index in [0.717, 1.165) is 6.42 Å². The van der Waals surface area contributed by atoms with Crippen LogP contribution in [0.4, 0.5) is 5.69 Å². The fraction of sp³-hybridized carbons (Fsp3) is 0.333. The highest BCUT2D eigenvalue weighted by Crippen LogP contribution is 2.12. The summed E-state index contributed by atoms with van der Waals surface area (Å²) in [5.41, 5.74) is 3.66. The molecule has 0 aromatic heterocycles. The van der Waals surface area contributed by atoms with Crippen LogP contribution in [0.15, 0.2) is 48.5 Å². The number of aryl methyl sites for hydroxylation is 1. The summed E-state index contributed by atoms with van der Waals surface area (Å²) in [7, 11) is 5.32. The summed E-state index contributed by atoms with van der Waals surface area (Å²) >= 11 is 0. The van der Waals surface area contributed by atoms with Crippen molar-refractivity contribution in [3.05, 3.63) is 65.2 Å². The lowest BCUT2D eigenvalue weighted by Crippen LogP contribution is -2.30. The van der Waals surface area contributed by atoms with Crippen molar-refractivity contribution in [3.8, 4) is 0 Å². The SMILES string of the molecule is CCc1ccc(CN(C)CC(=O)Nc2cccc(C(=O)N(C)C)c2)cc1. The van der Waals surface area contributed by atoms with Gasteiger partial charge in [0.1, 0.15) is 0 Å². The highest BCUT2D eigenvalue weighted by Gasteiger charge is 2.11. The van der Waals surface area contributed by atoms with Gasteiger partial charge < -0.3 is 10.2 Å². The van der Waals surface area contributed by atoms with Gasteiger partial charge in [0.15, 0.2) is 0 Å². The first kappa shape index (κ1) is 19.7. The Hall–Kier alpha value is -2.66. The van der Waals surface area contributed by atoms with E-state index < -0.39 is 0 Å². The number of carbonyl (C=O) groups is 2. The van der Waals surface area contributed by atoms with Crippen LogP contribution in [0.2, 0.25) is 0 Å². The molecule has 0 aliphatic rings. The van der Waals surface area contributed by atoms with Crippen LogP contribution in [0.5, 0.6) is 0 Å². The van der Waals surface area contributed by atoms with E-state index in [4.69, 9.17) is 0 Å². The van der Waals surface area contributed by atoms with Gasteiger partial charge in [-0.05, 0) is 42.8 Å². The van der Waals surface area contributed by atoms with Crippen molar-refractivity contribution in [2.75, 3.05) is 33.0 Å². The van der Waals surface area contributed by atoms with Crippen molar-refractivity contribution in [1.82, 2.24) is 9.80 Å². The average Bonchev–Trinajstić information content (AvgIpc) is 2.61. The molecule has 0 aliphatic heterocycles. The monoisotopic (exact) mass is 353 g/mol. The Bertz CT molecular complexity index is 754. The Balaban J connectivity index is 1.91. The molecule has 5 nitrogen and oxygen atoms in total. The molecule has 2 rings (SSSR count). The molecule has 0 unspecified atom stereocenters. The van der Waals surface area contributed by atoms with E-state index in [0.29, 0.717) is 17.8 Å². The van der Waals surface area contributed by atoms with Crippen LogP contribution in [0.25, 0.3) is 0 Å². The molecule has 0 fully saturated rings. The Labute approximate surface area is 155 Å². The maximum Gasteiger partial charge on any atom is 0.253 e. The summed E-state index contributed by atoms with van der Waals surface area (Å²) in [6.45, 7) is 3.12. The predicted molar refractivity (Wildman–Crippen MR) is 105 cm³/mol. The minimum atomic E-state index is -0.105. The number of rotatable bonds is 7. The largest absolute Gasteiger partial charge is 0.345 e. The van der Waals surface area contributed by atoms with Gasteiger partial charge in [-0.15, -0.1) is 0 Å². The molecule has 0 saturated carbocycles. The van der Waals surface area contributed by atoms with E-state index in [-0.39, 0.29) is 18.4 Å². The normalized spacial score (nSPS) is 10.7. The van der Waals surface area contributed by atoms with Gasteiger partial charge in [0.2, 0.25) is 5.91 Å². The molecule has 0 atom stereocenters. The summed E-state index contributed by atoms with van der Waals surface area (Å²) in [5.74, 6) is -0.194. The zero-order chi connectivity index (χ0) is 19.1. The molecular formula is C21H27N3O2. The molecule has 2 aromatic rings. The number of hydrogen-bond donors (Lipinski definition) is 1. The maximum absolute atomic E-state index is 12.3. The third-order valence-electron chi connectivity index (χ3n) is 4.10. The molecule has 1 N–H and O–H groups in total. The van der Waals surface area contributed by atoms with Crippen LogP contribution in [0.3, 0.4) is 0 Å². The molecule has 0 aliphatic carbocycles. The first-order chi connectivity index (χ1) is 12.4. The van der Waals surface area contributed by atoms with Crippen molar-refractivity contribution in [3.63, 3.8) is 0 Å². The van der Waals surface area contributed by atoms with Crippen LogP contribution < -0.4 is 5.32 Å². The number of hydrogen-bond acceptors (Lipinski definition) is 3. The summed E-state index contributed by atoms with van der Waals surface area (Å²) in [6, 6.07) is 15.4. The van der Waals surface area contributed by atoms with Crippen LogP contribution in [-0.4, -0.2) is 49.3 Å². The van der Waals surface area contributed by atoms with Crippen molar-refractivity contribution in [2.24, 2.45) is 0 Å². The number of anilines is 1. The summed E-state index contributed by atoms with van der Waals surface area (Å²) in [6.07, 6.45) is 1.02. The van der Waals surface area contributed by atoms with Crippen molar-refractivity contribution < 1.29 is 9.59 Å². The second kappa shape index (κ2) is 9.15. The molecule has 0 radical (unpaired) electrons. The van der Waals surface area contributed by atoms with Crippen LogP contribution in [0.1, 0.15) is 28.4 Å². The fourth-order valence-electron chi connectivity index (χ4n) is 2.68. The predicted octanol–water partition coefficient (Wildman–Crippen LogP) is 3.02. The van der Waals surface area contributed by atoms with Crippen molar-refractivity contribution in [1.29, 1.82) is 0 Å². The lowest BCUT2D eigenvalue weighted by Gasteiger charge is -2.17. The number of amides is 2. The lowest BCUT2D eigenvalue weighted by atomic mass is 10.1. The summed E-state index contributed by atoms with van der Waals surface area (Å²) in [5, 5.41) is 2.86. The quantitative estimate of drug-likeness (QED) is 0.832. The van der Waals surface area contributed by atoms with Gasteiger partial charge in [-0.1, -0.05) is 37.3 Å². The summed E-state index contributed by atoms with van der Waals surface area (Å²) in [4.78, 5) is 27.8. The van der Waals surface area contributed by atoms with E-state index >= 15 is 0 Å². The fourth-order valence-corrected chi connectivity index (χ4v) is 2.68. The van der Waals surface area contributed by atoms with Gasteiger partial charge in [0, 0.05) is 31.9 Å². The van der Waals surface area contributed by atoms with Gasteiger partial charge in [-0.3, -0.25) is 14.5 Å². The van der Waals surface area contributed by atoms with Gasteiger partial charge in [-0.25, -0.2) is 0 Å². The number of nitrogens with one attached hydrogen (secondary N) is 1. The topological polar surface area (TPSA) is 52.7 Å². The van der Waals surface area contributed by atoms with E-state index in [9.17, 15) is 9.59 Å². The second-order valence-electron chi connectivity index (χ2n) is 6.67. The minimum Gasteiger partial charge on any atom is -0.345 e. The Morgan fingerprint density at radius 2 is 1.62 bits per heavy atom. The van der Waals surface area contributed by atoms with Crippen LogP contribution in [0, 0.1) is 0 Å². The van der Waals surface area contributed by atoms with E-state index in [1.807, 2.05) is 11.9 Å². The zero-order valence-corrected chi connectivity index (χ0v) is 16.0. The Kier molecular flexibility index (Phi) is 6.92. The van der Waals surface area contributed by atoms with Crippen LogP contribution >= 0.6 is 0 Å². The molecule has 2 amide bonds. The summed E-state index contributed by atoms with van der Waals surface area (Å²) < 4.78 is 0. The average molecular weight is 353 g/mol. The molecule has 0 saturated heterocycles. The van der Waals surface area contributed by atoms with Gasteiger partial charge in [0.25, 0.3) is 5.91 Å². The molecule has 138 valence electrons. The van der Waals surface area contributed by atoms with Gasteiger partial charge in [-0.2, -0.15) is 0 Å². The maximum atomic E-state index is 12.3.